The van der Waals surface area contributed by atoms with E-state index in [1.54, 1.807) is 28.4 Å². The molecular weight excluding hydrogens is 480 g/mol. The van der Waals surface area contributed by atoms with E-state index in [1.165, 1.54) is 22.4 Å². The number of hydrogen-bond donors (Lipinski definition) is 0. The molecule has 0 aromatic heterocycles. The van der Waals surface area contributed by atoms with Gasteiger partial charge in [-0.15, -0.1) is 0 Å². The molecule has 7 nitrogen and oxygen atoms in total. The van der Waals surface area contributed by atoms with Gasteiger partial charge in [0, 0.05) is 54.9 Å². The third kappa shape index (κ3) is 3.82. The normalized spacial score (nSPS) is 29.5. The van der Waals surface area contributed by atoms with Crippen molar-refractivity contribution in [2.24, 2.45) is 5.92 Å². The van der Waals surface area contributed by atoms with Crippen molar-refractivity contribution in [3.05, 3.63) is 77.1 Å². The molecule has 0 N–H and O–H groups in total. The number of piperidine rings is 1. The topological polar surface area (TPSA) is 52.6 Å². The minimum Gasteiger partial charge on any atom is -0.504 e. The molecule has 202 valence electrons. The maximum atomic E-state index is 5.83. The maximum absolute atomic E-state index is 5.83. The van der Waals surface area contributed by atoms with Gasteiger partial charge in [-0.25, -0.2) is 0 Å². The Bertz CT molecular complexity index is 1240. The van der Waals surface area contributed by atoms with Gasteiger partial charge in [-0.3, -0.25) is 4.90 Å². The minimum absolute atomic E-state index is 0.0369. The van der Waals surface area contributed by atoms with E-state index < -0.39 is 0 Å². The van der Waals surface area contributed by atoms with Crippen LogP contribution in [0, 0.1) is 5.92 Å². The van der Waals surface area contributed by atoms with Crippen LogP contribution in [0.3, 0.4) is 0 Å². The first kappa shape index (κ1) is 25.3. The summed E-state index contributed by atoms with van der Waals surface area (Å²) in [7, 11) is 6.86. The van der Waals surface area contributed by atoms with Gasteiger partial charge in [-0.1, -0.05) is 29.8 Å². The van der Waals surface area contributed by atoms with Gasteiger partial charge in [-0.05, 0) is 48.7 Å². The number of anilines is 1. The standard InChI is InChI=1S/C31H38N2O5/c1-34-19-25-24-16-29-31(12-13-32(29)17-21(24)11-14-38-20-35-2)26-7-5-6-8-27(26)33(30(25)31)18-22-9-10-23(36-3)15-28(22)37-4/h5-11,15,19,24,29-30H,12-14,16-18,20H2,1-4H3/b21-11-,25-19+/t24-,29-,30-,31+/m0/s1. The summed E-state index contributed by atoms with van der Waals surface area (Å²) in [5, 5.41) is 0. The monoisotopic (exact) mass is 518 g/mol. The first-order chi connectivity index (χ1) is 18.7. The molecule has 38 heavy (non-hydrogen) atoms. The van der Waals surface area contributed by atoms with Gasteiger partial charge in [-0.2, -0.15) is 0 Å². The van der Waals surface area contributed by atoms with Crippen molar-refractivity contribution in [1.29, 1.82) is 0 Å². The number of benzene rings is 2. The van der Waals surface area contributed by atoms with Crippen LogP contribution in [0.2, 0.25) is 0 Å². The lowest BCUT2D eigenvalue weighted by molar-refractivity contribution is -0.0191. The van der Waals surface area contributed by atoms with Crippen molar-refractivity contribution >= 4 is 5.69 Å². The minimum atomic E-state index is 0.0369. The molecule has 2 bridgehead atoms. The van der Waals surface area contributed by atoms with E-state index in [4.69, 9.17) is 23.7 Å². The molecule has 6 rings (SSSR count). The number of hydrogen-bond acceptors (Lipinski definition) is 7. The molecule has 0 amide bonds. The van der Waals surface area contributed by atoms with Crippen LogP contribution in [0.5, 0.6) is 11.5 Å². The van der Waals surface area contributed by atoms with Crippen molar-refractivity contribution in [1.82, 2.24) is 4.90 Å². The van der Waals surface area contributed by atoms with Gasteiger partial charge in [0.05, 0.1) is 40.2 Å². The number of ether oxygens (including phenoxy) is 5. The summed E-state index contributed by atoms with van der Waals surface area (Å²) in [6.45, 7) is 3.68. The fourth-order valence-electron chi connectivity index (χ4n) is 7.71. The molecule has 1 spiro atoms. The Balaban J connectivity index is 1.46. The number of para-hydroxylation sites is 1. The fourth-order valence-corrected chi connectivity index (χ4v) is 7.71. The third-order valence-corrected chi connectivity index (χ3v) is 9.13. The molecule has 2 aromatic rings. The number of fused-ring (bicyclic) bond motifs is 2. The summed E-state index contributed by atoms with van der Waals surface area (Å²) in [6.07, 6.45) is 6.55. The van der Waals surface area contributed by atoms with Crippen molar-refractivity contribution in [2.75, 3.05) is 59.8 Å². The largest absolute Gasteiger partial charge is 0.504 e. The highest BCUT2D eigenvalue weighted by Gasteiger charge is 2.65. The highest BCUT2D eigenvalue weighted by molar-refractivity contribution is 5.70. The molecule has 1 saturated carbocycles. The average molecular weight is 519 g/mol. The van der Waals surface area contributed by atoms with E-state index >= 15 is 0 Å². The second-order valence-electron chi connectivity index (χ2n) is 10.7. The molecule has 4 atom stereocenters. The molecule has 3 aliphatic heterocycles. The lowest BCUT2D eigenvalue weighted by Crippen LogP contribution is -2.61. The lowest BCUT2D eigenvalue weighted by atomic mass is 9.58. The molecule has 0 unspecified atom stereocenters. The first-order valence-corrected chi connectivity index (χ1v) is 13.5. The smallest absolute Gasteiger partial charge is 0.146 e. The molecule has 4 aliphatic rings. The van der Waals surface area contributed by atoms with E-state index in [0.717, 1.165) is 49.5 Å². The number of rotatable bonds is 9. The Kier molecular flexibility index (Phi) is 6.84. The zero-order chi connectivity index (χ0) is 26.3. The third-order valence-electron chi connectivity index (χ3n) is 9.13. The van der Waals surface area contributed by atoms with Crippen LogP contribution in [0.15, 0.2) is 65.9 Å². The fraction of sp³-hybridized carbons (Fsp3) is 0.484. The zero-order valence-corrected chi connectivity index (χ0v) is 22.8. The Morgan fingerprint density at radius 2 is 1.92 bits per heavy atom. The van der Waals surface area contributed by atoms with Crippen molar-refractivity contribution in [3.63, 3.8) is 0 Å². The van der Waals surface area contributed by atoms with Crippen molar-refractivity contribution in [3.8, 4) is 11.5 Å². The molecule has 1 aliphatic carbocycles. The molecule has 3 fully saturated rings. The second-order valence-corrected chi connectivity index (χ2v) is 10.7. The summed E-state index contributed by atoms with van der Waals surface area (Å²) >= 11 is 0. The molecule has 3 heterocycles. The average Bonchev–Trinajstić information content (AvgIpc) is 3.48. The SMILES string of the molecule is CO/C=C1\[C@H]2C[C@@H]3N(CC[C@@]34c3ccccc3N(Cc3ccc(OC)cc3OC)[C@@H]14)C/C2=C/COCOC. The predicted octanol–water partition coefficient (Wildman–Crippen LogP) is 4.52. The Morgan fingerprint density at radius 3 is 2.71 bits per heavy atom. The summed E-state index contributed by atoms with van der Waals surface area (Å²) < 4.78 is 27.9. The first-order valence-electron chi connectivity index (χ1n) is 13.5. The van der Waals surface area contributed by atoms with Crippen LogP contribution in [-0.2, 0) is 26.2 Å². The van der Waals surface area contributed by atoms with Crippen LogP contribution in [0.1, 0.15) is 24.0 Å². The van der Waals surface area contributed by atoms with Gasteiger partial charge < -0.3 is 28.6 Å². The Labute approximate surface area is 225 Å². The van der Waals surface area contributed by atoms with Crippen LogP contribution in [0.25, 0.3) is 0 Å². The van der Waals surface area contributed by atoms with Gasteiger partial charge in [0.15, 0.2) is 0 Å². The summed E-state index contributed by atoms with van der Waals surface area (Å²) in [5.74, 6) is 1.97. The number of methoxy groups -OCH3 is 4. The van der Waals surface area contributed by atoms with E-state index in [1.807, 2.05) is 18.4 Å². The Morgan fingerprint density at radius 1 is 1.05 bits per heavy atom. The summed E-state index contributed by atoms with van der Waals surface area (Å²) in [6, 6.07) is 15.9. The van der Waals surface area contributed by atoms with Gasteiger partial charge in [0.25, 0.3) is 0 Å². The van der Waals surface area contributed by atoms with Gasteiger partial charge >= 0.3 is 0 Å². The quantitative estimate of drug-likeness (QED) is 0.209. The molecule has 7 heteroatoms. The summed E-state index contributed by atoms with van der Waals surface area (Å²) in [4.78, 5) is 5.32. The second kappa shape index (κ2) is 10.3. The van der Waals surface area contributed by atoms with Crippen LogP contribution >= 0.6 is 0 Å². The maximum Gasteiger partial charge on any atom is 0.146 e. The Hall–Kier alpha value is -3.00. The number of nitrogens with zero attached hydrogens (tertiary/aromatic N) is 2. The highest BCUT2D eigenvalue weighted by atomic mass is 16.7. The lowest BCUT2D eigenvalue weighted by Gasteiger charge is -2.54. The van der Waals surface area contributed by atoms with Crippen LogP contribution < -0.4 is 14.4 Å². The van der Waals surface area contributed by atoms with Crippen LogP contribution in [0.4, 0.5) is 5.69 Å². The zero-order valence-electron chi connectivity index (χ0n) is 22.8. The van der Waals surface area contributed by atoms with Crippen molar-refractivity contribution in [2.45, 2.75) is 36.9 Å². The molecule has 2 saturated heterocycles. The summed E-state index contributed by atoms with van der Waals surface area (Å²) in [5.41, 5.74) is 6.77. The van der Waals surface area contributed by atoms with Gasteiger partial charge in [0.1, 0.15) is 18.3 Å². The molecule has 0 radical (unpaired) electrons. The highest BCUT2D eigenvalue weighted by Crippen LogP contribution is 2.63. The van der Waals surface area contributed by atoms with E-state index in [2.05, 4.69) is 46.2 Å². The molecule has 2 aromatic carbocycles. The van der Waals surface area contributed by atoms with Crippen LogP contribution in [-0.4, -0.2) is 71.9 Å². The predicted molar refractivity (Wildman–Crippen MR) is 147 cm³/mol. The van der Waals surface area contributed by atoms with E-state index in [0.29, 0.717) is 25.4 Å². The van der Waals surface area contributed by atoms with Gasteiger partial charge in [0.2, 0.25) is 0 Å². The van der Waals surface area contributed by atoms with Crippen molar-refractivity contribution < 1.29 is 23.7 Å². The van der Waals surface area contributed by atoms with E-state index in [9.17, 15) is 0 Å². The van der Waals surface area contributed by atoms with E-state index in [-0.39, 0.29) is 11.5 Å². The molecular formula is C31H38N2O5.